The highest BCUT2D eigenvalue weighted by molar-refractivity contribution is 7.25. The lowest BCUT2D eigenvalue weighted by molar-refractivity contribution is 0.402. The van der Waals surface area contributed by atoms with Gasteiger partial charge in [-0.25, -0.2) is 0 Å². The molecule has 11 rings (SSSR count). The minimum atomic E-state index is 0.509. The first kappa shape index (κ1) is 29.1. The Morgan fingerprint density at radius 1 is 0.451 bits per heavy atom. The fourth-order valence-corrected chi connectivity index (χ4v) is 10.4. The van der Waals surface area contributed by atoms with Gasteiger partial charge in [0.05, 0.1) is 11.0 Å². The third-order valence-electron chi connectivity index (χ3n) is 11.6. The van der Waals surface area contributed by atoms with Crippen molar-refractivity contribution in [2.24, 2.45) is 0 Å². The van der Waals surface area contributed by atoms with Gasteiger partial charge < -0.3 is 9.47 Å². The highest BCUT2D eigenvalue weighted by Crippen LogP contribution is 2.52. The molecular formula is C48H36N2S. The predicted molar refractivity (Wildman–Crippen MR) is 218 cm³/mol. The van der Waals surface area contributed by atoms with Gasteiger partial charge in [0.15, 0.2) is 0 Å². The first-order chi connectivity index (χ1) is 25.3. The summed E-state index contributed by atoms with van der Waals surface area (Å²) in [6.07, 6.45) is 5.10. The molecule has 2 aromatic heterocycles. The Morgan fingerprint density at radius 3 is 2.00 bits per heavy atom. The zero-order valence-electron chi connectivity index (χ0n) is 28.3. The summed E-state index contributed by atoms with van der Waals surface area (Å²) < 4.78 is 5.11. The summed E-state index contributed by atoms with van der Waals surface area (Å²) in [5, 5.41) is 5.31. The van der Waals surface area contributed by atoms with Crippen LogP contribution in [0.5, 0.6) is 0 Å². The third kappa shape index (κ3) is 4.54. The molecule has 0 bridgehead atoms. The van der Waals surface area contributed by atoms with Gasteiger partial charge in [0.1, 0.15) is 0 Å². The predicted octanol–water partition coefficient (Wildman–Crippen LogP) is 13.7. The molecule has 51 heavy (non-hydrogen) atoms. The molecule has 0 radical (unpaired) electrons. The molecule has 0 amide bonds. The van der Waals surface area contributed by atoms with Crippen LogP contribution < -0.4 is 4.90 Å². The average Bonchev–Trinajstić information content (AvgIpc) is 3.85. The van der Waals surface area contributed by atoms with Crippen LogP contribution in [0.25, 0.3) is 69.9 Å². The van der Waals surface area contributed by atoms with Gasteiger partial charge >= 0.3 is 0 Å². The number of anilines is 2. The number of nitrogens with zero attached hydrogens (tertiary/aromatic N) is 2. The van der Waals surface area contributed by atoms with Crippen molar-refractivity contribution in [3.63, 3.8) is 0 Å². The molecule has 0 N–H and O–H groups in total. The minimum Gasteiger partial charge on any atom is -0.338 e. The Balaban J connectivity index is 0.969. The van der Waals surface area contributed by atoms with E-state index in [1.165, 1.54) is 113 Å². The van der Waals surface area contributed by atoms with Gasteiger partial charge in [-0.05, 0) is 113 Å². The van der Waals surface area contributed by atoms with Crippen LogP contribution in [0.4, 0.5) is 11.4 Å². The molecule has 1 fully saturated rings. The van der Waals surface area contributed by atoms with E-state index in [0.29, 0.717) is 12.0 Å². The van der Waals surface area contributed by atoms with E-state index in [4.69, 9.17) is 0 Å². The number of para-hydroxylation sites is 2. The number of rotatable bonds is 4. The Morgan fingerprint density at radius 2 is 1.10 bits per heavy atom. The summed E-state index contributed by atoms with van der Waals surface area (Å²) in [5.74, 6) is 0.561. The fraction of sp³-hybridized carbons (Fsp3) is 0.125. The van der Waals surface area contributed by atoms with Crippen molar-refractivity contribution in [1.29, 1.82) is 0 Å². The van der Waals surface area contributed by atoms with E-state index in [1.54, 1.807) is 0 Å². The molecule has 2 atom stereocenters. The van der Waals surface area contributed by atoms with E-state index in [-0.39, 0.29) is 0 Å². The molecule has 0 saturated heterocycles. The number of hydrogen-bond donors (Lipinski definition) is 0. The third-order valence-corrected chi connectivity index (χ3v) is 12.8. The maximum Gasteiger partial charge on any atom is 0.0541 e. The maximum absolute atomic E-state index is 2.67. The molecule has 244 valence electrons. The summed E-state index contributed by atoms with van der Waals surface area (Å²) in [4.78, 5) is 2.67. The second kappa shape index (κ2) is 11.4. The fourth-order valence-electron chi connectivity index (χ4n) is 9.27. The smallest absolute Gasteiger partial charge is 0.0541 e. The molecule has 2 unspecified atom stereocenters. The van der Waals surface area contributed by atoms with E-state index < -0.39 is 0 Å². The van der Waals surface area contributed by atoms with Gasteiger partial charge in [0.25, 0.3) is 0 Å². The van der Waals surface area contributed by atoms with E-state index in [9.17, 15) is 0 Å². The van der Waals surface area contributed by atoms with E-state index >= 15 is 0 Å². The Kier molecular flexibility index (Phi) is 6.54. The Bertz CT molecular complexity index is 2770. The highest BCUT2D eigenvalue weighted by Gasteiger charge is 2.40. The molecule has 1 saturated carbocycles. The lowest BCUT2D eigenvalue weighted by Crippen LogP contribution is -2.32. The number of thiophene rings is 1. The molecule has 9 aromatic rings. The Labute approximate surface area is 301 Å². The van der Waals surface area contributed by atoms with Crippen LogP contribution in [-0.2, 0) is 0 Å². The summed E-state index contributed by atoms with van der Waals surface area (Å²) in [6.45, 7) is 0. The van der Waals surface area contributed by atoms with Crippen molar-refractivity contribution in [3.8, 4) is 27.9 Å². The number of aromatic nitrogens is 1. The van der Waals surface area contributed by atoms with Gasteiger partial charge in [-0.15, -0.1) is 11.3 Å². The number of fused-ring (bicyclic) bond motifs is 9. The topological polar surface area (TPSA) is 8.17 Å². The molecule has 0 spiro atoms. The van der Waals surface area contributed by atoms with Crippen LogP contribution in [0, 0.1) is 0 Å². The van der Waals surface area contributed by atoms with E-state index in [2.05, 4.69) is 167 Å². The summed E-state index contributed by atoms with van der Waals surface area (Å²) >= 11 is 1.88. The molecule has 2 nitrogen and oxygen atoms in total. The van der Waals surface area contributed by atoms with Crippen LogP contribution >= 0.6 is 11.3 Å². The van der Waals surface area contributed by atoms with Crippen molar-refractivity contribution in [3.05, 3.63) is 163 Å². The van der Waals surface area contributed by atoms with E-state index in [0.717, 1.165) is 0 Å². The van der Waals surface area contributed by atoms with Gasteiger partial charge in [-0.1, -0.05) is 97.8 Å². The lowest BCUT2D eigenvalue weighted by atomic mass is 9.82. The van der Waals surface area contributed by atoms with Crippen molar-refractivity contribution in [1.82, 2.24) is 4.57 Å². The standard InChI is InChI=1S/C48H36N2S/c1-2-10-35(11-3-1)49-43-15-7-4-12-37(43)40-28-33(20-25-45(40)49)34-21-26-46-41(29-34)38-13-5-8-16-44(38)50(46)36-23-18-31(19-24-36)32-22-27-48-42(30-32)39-14-6-9-17-47(39)51-48/h1-4,6-7,9-12,14-15,17-30,38,44H,5,8,13,16H2. The molecule has 7 aromatic carbocycles. The monoisotopic (exact) mass is 672 g/mol. The largest absolute Gasteiger partial charge is 0.338 e. The zero-order chi connectivity index (χ0) is 33.5. The van der Waals surface area contributed by atoms with Crippen molar-refractivity contribution < 1.29 is 0 Å². The molecule has 1 aliphatic carbocycles. The molecule has 1 aliphatic heterocycles. The normalized spacial score (nSPS) is 17.1. The zero-order valence-corrected chi connectivity index (χ0v) is 29.1. The van der Waals surface area contributed by atoms with Crippen molar-refractivity contribution in [2.75, 3.05) is 4.90 Å². The second-order valence-electron chi connectivity index (χ2n) is 14.4. The van der Waals surface area contributed by atoms with Gasteiger partial charge in [-0.3, -0.25) is 0 Å². The molecule has 2 aliphatic rings. The molecule has 3 heterocycles. The molecule has 3 heteroatoms. The van der Waals surface area contributed by atoms with Crippen LogP contribution in [-0.4, -0.2) is 10.6 Å². The Hall–Kier alpha value is -5.64. The first-order valence-corrected chi connectivity index (χ1v) is 19.1. The number of hydrogen-bond acceptors (Lipinski definition) is 2. The average molecular weight is 673 g/mol. The lowest BCUT2D eigenvalue weighted by Gasteiger charge is -2.33. The summed E-state index contributed by atoms with van der Waals surface area (Å²) in [5.41, 5.74) is 13.0. The van der Waals surface area contributed by atoms with Gasteiger partial charge in [0, 0.05) is 60.0 Å². The SMILES string of the molecule is c1ccc(-n2c3ccccc3c3cc(-c4ccc5c(c4)C4CCCCC4N5c4ccc(-c5ccc6sc7ccccc7c6c5)cc4)ccc32)cc1. The van der Waals surface area contributed by atoms with E-state index in [1.807, 2.05) is 11.3 Å². The maximum atomic E-state index is 2.67. The quantitative estimate of drug-likeness (QED) is 0.181. The van der Waals surface area contributed by atoms with Crippen LogP contribution in [0.2, 0.25) is 0 Å². The summed E-state index contributed by atoms with van der Waals surface area (Å²) in [6, 6.07) is 59.5. The van der Waals surface area contributed by atoms with Gasteiger partial charge in [-0.2, -0.15) is 0 Å². The van der Waals surface area contributed by atoms with Crippen LogP contribution in [0.1, 0.15) is 37.2 Å². The van der Waals surface area contributed by atoms with Crippen molar-refractivity contribution >= 4 is 64.7 Å². The van der Waals surface area contributed by atoms with Crippen LogP contribution in [0.3, 0.4) is 0 Å². The number of benzene rings is 7. The molecular weight excluding hydrogens is 637 g/mol. The highest BCUT2D eigenvalue weighted by atomic mass is 32.1. The minimum absolute atomic E-state index is 0.509. The summed E-state index contributed by atoms with van der Waals surface area (Å²) in [7, 11) is 0. The first-order valence-electron chi connectivity index (χ1n) is 18.3. The van der Waals surface area contributed by atoms with Gasteiger partial charge in [0.2, 0.25) is 0 Å². The second-order valence-corrected chi connectivity index (χ2v) is 15.5. The van der Waals surface area contributed by atoms with Crippen molar-refractivity contribution in [2.45, 2.75) is 37.6 Å². The van der Waals surface area contributed by atoms with Crippen LogP contribution in [0.15, 0.2) is 158 Å².